The van der Waals surface area contributed by atoms with E-state index < -0.39 is 0 Å². The minimum absolute atomic E-state index is 0.131. The van der Waals surface area contributed by atoms with Gasteiger partial charge in [-0.2, -0.15) is 5.26 Å². The maximum Gasteiger partial charge on any atom is 0.248 e. The van der Waals surface area contributed by atoms with Crippen LogP contribution in [0.15, 0.2) is 0 Å². The maximum absolute atomic E-state index is 11.0. The van der Waals surface area contributed by atoms with Crippen LogP contribution < -0.4 is 0 Å². The smallest absolute Gasteiger partial charge is 0.248 e. The van der Waals surface area contributed by atoms with E-state index in [0.717, 1.165) is 25.8 Å². The molecule has 1 unspecified atom stereocenters. The van der Waals surface area contributed by atoms with Crippen molar-refractivity contribution in [3.63, 3.8) is 0 Å². The SMILES string of the molecule is CN1CCCCC1C(=O)C#N. The zero-order chi connectivity index (χ0) is 8.27. The summed E-state index contributed by atoms with van der Waals surface area (Å²) in [4.78, 5) is 12.9. The standard InChI is InChI=1S/C8H12N2O/c1-10-5-3-2-4-7(10)8(11)6-9/h7H,2-5H2,1H3. The van der Waals surface area contributed by atoms with Gasteiger partial charge < -0.3 is 0 Å². The normalized spacial score (nSPS) is 26.0. The van der Waals surface area contributed by atoms with Crippen molar-refractivity contribution in [2.24, 2.45) is 0 Å². The Hall–Kier alpha value is -0.880. The van der Waals surface area contributed by atoms with Crippen molar-refractivity contribution in [2.75, 3.05) is 13.6 Å². The topological polar surface area (TPSA) is 44.1 Å². The highest BCUT2D eigenvalue weighted by atomic mass is 16.1. The molecule has 1 atom stereocenters. The van der Waals surface area contributed by atoms with Gasteiger partial charge in [-0.25, -0.2) is 0 Å². The first kappa shape index (κ1) is 8.22. The molecule has 11 heavy (non-hydrogen) atoms. The van der Waals surface area contributed by atoms with Crippen LogP contribution in [0.3, 0.4) is 0 Å². The molecule has 0 aromatic rings. The highest BCUT2D eigenvalue weighted by molar-refractivity contribution is 5.97. The zero-order valence-electron chi connectivity index (χ0n) is 6.71. The Morgan fingerprint density at radius 1 is 1.64 bits per heavy atom. The molecule has 1 aliphatic rings. The van der Waals surface area contributed by atoms with Crippen LogP contribution in [0.25, 0.3) is 0 Å². The Bertz CT molecular complexity index is 195. The van der Waals surface area contributed by atoms with Gasteiger partial charge in [-0.05, 0) is 26.4 Å². The number of nitrogens with zero attached hydrogens (tertiary/aromatic N) is 2. The molecule has 0 bridgehead atoms. The number of carbonyl (C=O) groups is 1. The van der Waals surface area contributed by atoms with E-state index in [1.165, 1.54) is 0 Å². The van der Waals surface area contributed by atoms with Crippen LogP contribution in [0.4, 0.5) is 0 Å². The van der Waals surface area contributed by atoms with E-state index in [1.54, 1.807) is 6.07 Å². The first-order valence-electron chi connectivity index (χ1n) is 3.90. The molecular weight excluding hydrogens is 140 g/mol. The Labute approximate surface area is 66.6 Å². The molecule has 1 heterocycles. The second kappa shape index (κ2) is 3.49. The second-order valence-electron chi connectivity index (χ2n) is 2.97. The predicted octanol–water partition coefficient (Wildman–Crippen LogP) is 0.563. The summed E-state index contributed by atoms with van der Waals surface area (Å²) < 4.78 is 0. The van der Waals surface area contributed by atoms with Crippen molar-refractivity contribution in [3.05, 3.63) is 0 Å². The number of carbonyl (C=O) groups excluding carboxylic acids is 1. The van der Waals surface area contributed by atoms with E-state index >= 15 is 0 Å². The van der Waals surface area contributed by atoms with Crippen molar-refractivity contribution in [1.82, 2.24) is 4.90 Å². The van der Waals surface area contributed by atoms with Crippen LogP contribution in [-0.4, -0.2) is 30.3 Å². The lowest BCUT2D eigenvalue weighted by molar-refractivity contribution is -0.119. The largest absolute Gasteiger partial charge is 0.296 e. The first-order valence-corrected chi connectivity index (χ1v) is 3.90. The van der Waals surface area contributed by atoms with Crippen LogP contribution in [-0.2, 0) is 4.79 Å². The lowest BCUT2D eigenvalue weighted by Crippen LogP contribution is -2.41. The molecule has 1 rings (SSSR count). The van der Waals surface area contributed by atoms with Crippen molar-refractivity contribution in [1.29, 1.82) is 5.26 Å². The molecule has 0 amide bonds. The fourth-order valence-corrected chi connectivity index (χ4v) is 1.48. The molecule has 60 valence electrons. The third-order valence-corrected chi connectivity index (χ3v) is 2.18. The van der Waals surface area contributed by atoms with E-state index in [4.69, 9.17) is 5.26 Å². The van der Waals surface area contributed by atoms with Crippen molar-refractivity contribution >= 4 is 5.78 Å². The molecule has 1 saturated heterocycles. The maximum atomic E-state index is 11.0. The van der Waals surface area contributed by atoms with Crippen LogP contribution in [0.1, 0.15) is 19.3 Å². The van der Waals surface area contributed by atoms with Crippen LogP contribution in [0.5, 0.6) is 0 Å². The summed E-state index contributed by atoms with van der Waals surface area (Å²) in [5.41, 5.74) is 0. The molecule has 0 saturated carbocycles. The molecule has 0 aromatic heterocycles. The molecule has 1 aliphatic heterocycles. The van der Waals surface area contributed by atoms with Gasteiger partial charge in [-0.15, -0.1) is 0 Å². The van der Waals surface area contributed by atoms with Crippen LogP contribution in [0, 0.1) is 11.3 Å². The minimum Gasteiger partial charge on any atom is -0.296 e. The summed E-state index contributed by atoms with van der Waals surface area (Å²) in [6.45, 7) is 0.943. The Morgan fingerprint density at radius 3 is 2.91 bits per heavy atom. The second-order valence-corrected chi connectivity index (χ2v) is 2.97. The third-order valence-electron chi connectivity index (χ3n) is 2.18. The predicted molar refractivity (Wildman–Crippen MR) is 40.9 cm³/mol. The fraction of sp³-hybridized carbons (Fsp3) is 0.750. The average Bonchev–Trinajstić information content (AvgIpc) is 2.04. The molecule has 0 spiro atoms. The number of nitriles is 1. The van der Waals surface area contributed by atoms with E-state index in [-0.39, 0.29) is 11.8 Å². The number of hydrogen-bond donors (Lipinski definition) is 0. The first-order chi connectivity index (χ1) is 5.25. The highest BCUT2D eigenvalue weighted by Crippen LogP contribution is 2.14. The fourth-order valence-electron chi connectivity index (χ4n) is 1.48. The van der Waals surface area contributed by atoms with Gasteiger partial charge in [0.1, 0.15) is 6.07 Å². The van der Waals surface area contributed by atoms with Gasteiger partial charge in [-0.1, -0.05) is 6.42 Å². The number of rotatable bonds is 1. The molecule has 1 fully saturated rings. The minimum atomic E-state index is -0.285. The number of piperidine rings is 1. The monoisotopic (exact) mass is 152 g/mol. The number of likely N-dealkylation sites (N-methyl/N-ethyl adjacent to an activating group) is 1. The molecule has 0 N–H and O–H groups in total. The van der Waals surface area contributed by atoms with Crippen molar-refractivity contribution < 1.29 is 4.79 Å². The summed E-state index contributed by atoms with van der Waals surface area (Å²) in [6, 6.07) is 1.55. The number of hydrogen-bond acceptors (Lipinski definition) is 3. The Morgan fingerprint density at radius 2 is 2.36 bits per heavy atom. The molecule has 3 heteroatoms. The van der Waals surface area contributed by atoms with Crippen molar-refractivity contribution in [2.45, 2.75) is 25.3 Å². The summed E-state index contributed by atoms with van der Waals surface area (Å²) in [5, 5.41) is 8.38. The molecule has 0 aliphatic carbocycles. The molecule has 0 radical (unpaired) electrons. The van der Waals surface area contributed by atoms with Crippen LogP contribution >= 0.6 is 0 Å². The van der Waals surface area contributed by atoms with Crippen molar-refractivity contribution in [3.8, 4) is 6.07 Å². The molecule has 3 nitrogen and oxygen atoms in total. The van der Waals surface area contributed by atoms with Gasteiger partial charge in [0.25, 0.3) is 0 Å². The molecular formula is C8H12N2O. The highest BCUT2D eigenvalue weighted by Gasteiger charge is 2.24. The molecule has 0 aromatic carbocycles. The summed E-state index contributed by atoms with van der Waals surface area (Å²) >= 11 is 0. The number of likely N-dealkylation sites (tertiary alicyclic amines) is 1. The zero-order valence-corrected chi connectivity index (χ0v) is 6.71. The Balaban J connectivity index is 2.56. The van der Waals surface area contributed by atoms with Gasteiger partial charge in [0.15, 0.2) is 0 Å². The Kier molecular flexibility index (Phi) is 2.61. The van der Waals surface area contributed by atoms with E-state index in [0.29, 0.717) is 0 Å². The lowest BCUT2D eigenvalue weighted by Gasteiger charge is -2.29. The number of Topliss-reactive ketones (excluding diaryl/α,β-unsaturated/α-hetero) is 1. The third kappa shape index (κ3) is 1.78. The van der Waals surface area contributed by atoms with Crippen LogP contribution in [0.2, 0.25) is 0 Å². The average molecular weight is 152 g/mol. The van der Waals surface area contributed by atoms with E-state index in [2.05, 4.69) is 0 Å². The quantitative estimate of drug-likeness (QED) is 0.516. The summed E-state index contributed by atoms with van der Waals surface area (Å²) in [6.07, 6.45) is 3.07. The van der Waals surface area contributed by atoms with E-state index in [1.807, 2.05) is 11.9 Å². The van der Waals surface area contributed by atoms with Gasteiger partial charge in [0.05, 0.1) is 6.04 Å². The van der Waals surface area contributed by atoms with E-state index in [9.17, 15) is 4.79 Å². The van der Waals surface area contributed by atoms with Gasteiger partial charge in [0.2, 0.25) is 5.78 Å². The van der Waals surface area contributed by atoms with Gasteiger partial charge >= 0.3 is 0 Å². The van der Waals surface area contributed by atoms with Gasteiger partial charge in [-0.3, -0.25) is 9.69 Å². The van der Waals surface area contributed by atoms with Gasteiger partial charge in [0, 0.05) is 0 Å². The lowest BCUT2D eigenvalue weighted by atomic mass is 10.00. The number of ketones is 1. The summed E-state index contributed by atoms with van der Waals surface area (Å²) in [7, 11) is 1.90. The summed E-state index contributed by atoms with van der Waals surface area (Å²) in [5.74, 6) is -0.285.